The predicted octanol–water partition coefficient (Wildman–Crippen LogP) is 4.58. The summed E-state index contributed by atoms with van der Waals surface area (Å²) < 4.78 is 21.2. The van der Waals surface area contributed by atoms with Crippen LogP contribution in [0.15, 0.2) is 40.1 Å². The Hall–Kier alpha value is -2.15. The van der Waals surface area contributed by atoms with Gasteiger partial charge in [0.25, 0.3) is 0 Å². The van der Waals surface area contributed by atoms with Crippen molar-refractivity contribution in [1.82, 2.24) is 19.7 Å². The minimum Gasteiger partial charge on any atom is -0.444 e. The SMILES string of the molecule is Fc1cccc(-c2nc(CSc3nnc(C4CC4)n3C3CC3)co2)c1. The fourth-order valence-corrected chi connectivity index (χ4v) is 3.84. The average Bonchev–Trinajstić information content (AvgIpc) is 3.55. The molecular formula is C18H17FN4OS. The smallest absolute Gasteiger partial charge is 0.226 e. The molecule has 128 valence electrons. The number of thioether (sulfide) groups is 1. The number of nitrogens with zero attached hydrogens (tertiary/aromatic N) is 4. The zero-order valence-electron chi connectivity index (χ0n) is 13.6. The Balaban J connectivity index is 1.32. The van der Waals surface area contributed by atoms with Crippen molar-refractivity contribution < 1.29 is 8.81 Å². The lowest BCUT2D eigenvalue weighted by molar-refractivity contribution is 0.571. The highest BCUT2D eigenvalue weighted by molar-refractivity contribution is 7.98. The van der Waals surface area contributed by atoms with Crippen LogP contribution in [0.4, 0.5) is 4.39 Å². The van der Waals surface area contributed by atoms with E-state index in [2.05, 4.69) is 19.7 Å². The van der Waals surface area contributed by atoms with Crippen LogP contribution in [0.3, 0.4) is 0 Å². The van der Waals surface area contributed by atoms with Crippen LogP contribution in [0.2, 0.25) is 0 Å². The Labute approximate surface area is 148 Å². The van der Waals surface area contributed by atoms with Gasteiger partial charge in [0.2, 0.25) is 5.89 Å². The minimum absolute atomic E-state index is 0.295. The van der Waals surface area contributed by atoms with Gasteiger partial charge in [-0.1, -0.05) is 17.8 Å². The van der Waals surface area contributed by atoms with Crippen molar-refractivity contribution in [2.75, 3.05) is 0 Å². The molecule has 2 fully saturated rings. The zero-order chi connectivity index (χ0) is 16.8. The molecule has 0 spiro atoms. The van der Waals surface area contributed by atoms with Gasteiger partial charge < -0.3 is 8.98 Å². The molecule has 0 radical (unpaired) electrons. The molecule has 2 heterocycles. The molecule has 2 aliphatic carbocycles. The quantitative estimate of drug-likeness (QED) is 0.605. The summed E-state index contributed by atoms with van der Waals surface area (Å²) in [5, 5.41) is 9.79. The molecule has 0 unspecified atom stereocenters. The fourth-order valence-electron chi connectivity index (χ4n) is 2.95. The molecule has 3 aromatic rings. The summed E-state index contributed by atoms with van der Waals surface area (Å²) in [4.78, 5) is 4.47. The standard InChI is InChI=1S/C18H17FN4OS/c19-13-3-1-2-12(8-13)17-20-14(9-24-17)10-25-18-22-21-16(11-4-5-11)23(18)15-6-7-15/h1-3,8-9,11,15H,4-7,10H2. The Bertz CT molecular complexity index is 913. The van der Waals surface area contributed by atoms with Crippen LogP contribution >= 0.6 is 11.8 Å². The van der Waals surface area contributed by atoms with Gasteiger partial charge in [-0.15, -0.1) is 10.2 Å². The van der Waals surface area contributed by atoms with E-state index in [4.69, 9.17) is 4.42 Å². The van der Waals surface area contributed by atoms with E-state index in [0.717, 1.165) is 16.7 Å². The van der Waals surface area contributed by atoms with Gasteiger partial charge >= 0.3 is 0 Å². The molecule has 0 bridgehead atoms. The number of hydrogen-bond acceptors (Lipinski definition) is 5. The van der Waals surface area contributed by atoms with E-state index >= 15 is 0 Å². The monoisotopic (exact) mass is 356 g/mol. The van der Waals surface area contributed by atoms with E-state index in [1.807, 2.05) is 0 Å². The molecular weight excluding hydrogens is 339 g/mol. The Morgan fingerprint density at radius 3 is 2.84 bits per heavy atom. The van der Waals surface area contributed by atoms with E-state index in [1.165, 1.54) is 37.8 Å². The molecule has 7 heteroatoms. The molecule has 0 amide bonds. The molecule has 25 heavy (non-hydrogen) atoms. The van der Waals surface area contributed by atoms with Crippen molar-refractivity contribution >= 4 is 11.8 Å². The van der Waals surface area contributed by atoms with Crippen molar-refractivity contribution in [3.05, 3.63) is 47.9 Å². The zero-order valence-corrected chi connectivity index (χ0v) is 14.4. The predicted molar refractivity (Wildman–Crippen MR) is 91.7 cm³/mol. The molecule has 0 atom stereocenters. The van der Waals surface area contributed by atoms with Crippen molar-refractivity contribution in [2.24, 2.45) is 0 Å². The number of hydrogen-bond donors (Lipinski definition) is 0. The fraction of sp³-hybridized carbons (Fsp3) is 0.389. The second-order valence-corrected chi connectivity index (χ2v) is 7.60. The molecule has 2 saturated carbocycles. The van der Waals surface area contributed by atoms with Crippen molar-refractivity contribution in [3.8, 4) is 11.5 Å². The van der Waals surface area contributed by atoms with Crippen LogP contribution in [-0.2, 0) is 5.75 Å². The third-order valence-electron chi connectivity index (χ3n) is 4.52. The molecule has 5 rings (SSSR count). The van der Waals surface area contributed by atoms with Crippen LogP contribution in [-0.4, -0.2) is 19.7 Å². The number of benzene rings is 1. The highest BCUT2D eigenvalue weighted by atomic mass is 32.2. The molecule has 0 saturated heterocycles. The second kappa shape index (κ2) is 5.98. The lowest BCUT2D eigenvalue weighted by Gasteiger charge is -2.07. The largest absolute Gasteiger partial charge is 0.444 e. The summed E-state index contributed by atoms with van der Waals surface area (Å²) in [5.74, 6) is 2.57. The first-order valence-electron chi connectivity index (χ1n) is 8.56. The summed E-state index contributed by atoms with van der Waals surface area (Å²) in [6.07, 6.45) is 6.54. The van der Waals surface area contributed by atoms with E-state index < -0.39 is 0 Å². The Morgan fingerprint density at radius 2 is 2.08 bits per heavy atom. The molecule has 2 aromatic heterocycles. The van der Waals surface area contributed by atoms with Gasteiger partial charge in [0.15, 0.2) is 5.16 Å². The Morgan fingerprint density at radius 1 is 1.20 bits per heavy atom. The van der Waals surface area contributed by atoms with Crippen LogP contribution < -0.4 is 0 Å². The van der Waals surface area contributed by atoms with Crippen LogP contribution in [0.1, 0.15) is 49.2 Å². The summed E-state index contributed by atoms with van der Waals surface area (Å²) in [5.41, 5.74) is 1.47. The summed E-state index contributed by atoms with van der Waals surface area (Å²) in [6, 6.07) is 6.85. The first kappa shape index (κ1) is 15.1. The first-order valence-corrected chi connectivity index (χ1v) is 9.54. The van der Waals surface area contributed by atoms with Crippen LogP contribution in [0.5, 0.6) is 0 Å². The lowest BCUT2D eigenvalue weighted by Crippen LogP contribution is -2.01. The van der Waals surface area contributed by atoms with Gasteiger partial charge in [-0.25, -0.2) is 9.37 Å². The highest BCUT2D eigenvalue weighted by Crippen LogP contribution is 2.46. The van der Waals surface area contributed by atoms with Gasteiger partial charge in [0, 0.05) is 23.3 Å². The highest BCUT2D eigenvalue weighted by Gasteiger charge is 2.36. The normalized spacial score (nSPS) is 17.2. The van der Waals surface area contributed by atoms with E-state index in [9.17, 15) is 4.39 Å². The number of aromatic nitrogens is 4. The molecule has 0 aliphatic heterocycles. The van der Waals surface area contributed by atoms with Gasteiger partial charge in [-0.05, 0) is 43.9 Å². The number of oxazole rings is 1. The third-order valence-corrected chi connectivity index (χ3v) is 5.49. The third kappa shape index (κ3) is 3.08. The van der Waals surface area contributed by atoms with E-state index in [0.29, 0.717) is 29.2 Å². The van der Waals surface area contributed by atoms with Gasteiger partial charge in [0.1, 0.15) is 17.9 Å². The van der Waals surface area contributed by atoms with Crippen molar-refractivity contribution in [1.29, 1.82) is 0 Å². The average molecular weight is 356 g/mol. The molecule has 1 aromatic carbocycles. The molecule has 5 nitrogen and oxygen atoms in total. The van der Waals surface area contributed by atoms with E-state index in [1.54, 1.807) is 30.2 Å². The maximum atomic E-state index is 13.3. The van der Waals surface area contributed by atoms with Crippen molar-refractivity contribution in [2.45, 2.75) is 48.6 Å². The minimum atomic E-state index is -0.295. The summed E-state index contributed by atoms with van der Waals surface area (Å²) in [6.45, 7) is 0. The number of rotatable bonds is 6. The summed E-state index contributed by atoms with van der Waals surface area (Å²) >= 11 is 1.64. The van der Waals surface area contributed by atoms with E-state index in [-0.39, 0.29) is 5.82 Å². The second-order valence-electron chi connectivity index (χ2n) is 6.66. The maximum Gasteiger partial charge on any atom is 0.226 e. The Kier molecular flexibility index (Phi) is 3.62. The van der Waals surface area contributed by atoms with Crippen LogP contribution in [0, 0.1) is 5.82 Å². The maximum absolute atomic E-state index is 13.3. The van der Waals surface area contributed by atoms with Crippen molar-refractivity contribution in [3.63, 3.8) is 0 Å². The van der Waals surface area contributed by atoms with Crippen LogP contribution in [0.25, 0.3) is 11.5 Å². The van der Waals surface area contributed by atoms with Gasteiger partial charge in [-0.2, -0.15) is 0 Å². The molecule has 0 N–H and O–H groups in total. The lowest BCUT2D eigenvalue weighted by atomic mass is 10.2. The van der Waals surface area contributed by atoms with Gasteiger partial charge in [0.05, 0.1) is 5.69 Å². The summed E-state index contributed by atoms with van der Waals surface area (Å²) in [7, 11) is 0. The first-order chi connectivity index (χ1) is 12.3. The number of halogens is 1. The molecule has 2 aliphatic rings. The topological polar surface area (TPSA) is 56.7 Å². The van der Waals surface area contributed by atoms with Gasteiger partial charge in [-0.3, -0.25) is 0 Å².